The first-order valence-electron chi connectivity index (χ1n) is 9.50. The zero-order valence-electron chi connectivity index (χ0n) is 15.6. The molecule has 0 aliphatic carbocycles. The zero-order chi connectivity index (χ0) is 19.7. The molecule has 0 unspecified atom stereocenters. The number of nitrogens with zero attached hydrogens (tertiary/aromatic N) is 3. The van der Waals surface area contributed by atoms with Gasteiger partial charge in [0.1, 0.15) is 0 Å². The molecule has 148 valence electrons. The average molecular weight is 401 g/mol. The van der Waals surface area contributed by atoms with Crippen molar-refractivity contribution in [2.45, 2.75) is 17.7 Å². The summed E-state index contributed by atoms with van der Waals surface area (Å²) in [5.41, 5.74) is 0. The smallest absolute Gasteiger partial charge is 0.243 e. The van der Waals surface area contributed by atoms with Crippen LogP contribution in [0.25, 0.3) is 10.8 Å². The van der Waals surface area contributed by atoms with Gasteiger partial charge in [0.05, 0.1) is 11.4 Å². The van der Waals surface area contributed by atoms with Crippen molar-refractivity contribution in [2.75, 3.05) is 39.3 Å². The number of rotatable bonds is 4. The van der Waals surface area contributed by atoms with E-state index in [9.17, 15) is 18.0 Å². The molecule has 0 atom stereocenters. The minimum Gasteiger partial charge on any atom is -0.339 e. The molecule has 7 nitrogen and oxygen atoms in total. The standard InChI is InChI=1S/C20H23N3O4S/c24-19-6-3-9-22(19)15-20(25)21-10-12-23(13-11-21)28(26,27)18-8-7-16-4-1-2-5-17(16)14-18/h1-2,4-5,7-8,14H,3,6,9-13,15H2. The summed E-state index contributed by atoms with van der Waals surface area (Å²) in [6, 6.07) is 12.8. The topological polar surface area (TPSA) is 78.0 Å². The minimum atomic E-state index is -3.60. The van der Waals surface area contributed by atoms with E-state index in [1.165, 1.54) is 4.31 Å². The Morgan fingerprint density at radius 3 is 2.32 bits per heavy atom. The Balaban J connectivity index is 1.42. The summed E-state index contributed by atoms with van der Waals surface area (Å²) < 4.78 is 27.4. The second-order valence-corrected chi connectivity index (χ2v) is 9.15. The third-order valence-electron chi connectivity index (χ3n) is 5.45. The quantitative estimate of drug-likeness (QED) is 0.774. The predicted molar refractivity (Wildman–Crippen MR) is 105 cm³/mol. The molecule has 2 saturated heterocycles. The Labute approximate surface area is 164 Å². The highest BCUT2D eigenvalue weighted by Gasteiger charge is 2.31. The molecule has 4 rings (SSSR count). The highest BCUT2D eigenvalue weighted by Crippen LogP contribution is 2.23. The summed E-state index contributed by atoms with van der Waals surface area (Å²) in [4.78, 5) is 27.6. The molecule has 0 saturated carbocycles. The van der Waals surface area contributed by atoms with Crippen LogP contribution in [0.3, 0.4) is 0 Å². The molecule has 28 heavy (non-hydrogen) atoms. The van der Waals surface area contributed by atoms with E-state index in [-0.39, 0.29) is 36.3 Å². The number of hydrogen-bond donors (Lipinski definition) is 0. The van der Waals surface area contributed by atoms with Crippen molar-refractivity contribution in [1.82, 2.24) is 14.1 Å². The number of sulfonamides is 1. The van der Waals surface area contributed by atoms with Gasteiger partial charge in [-0.3, -0.25) is 9.59 Å². The lowest BCUT2D eigenvalue weighted by Gasteiger charge is -2.34. The number of amides is 2. The normalized spacial score (nSPS) is 18.8. The first-order chi connectivity index (χ1) is 13.4. The molecule has 0 N–H and O–H groups in total. The van der Waals surface area contributed by atoms with Crippen LogP contribution in [0.15, 0.2) is 47.4 Å². The Morgan fingerprint density at radius 2 is 1.64 bits per heavy atom. The number of carbonyl (C=O) groups excluding carboxylic acids is 2. The lowest BCUT2D eigenvalue weighted by Crippen LogP contribution is -2.52. The first kappa shape index (κ1) is 18.9. The second kappa shape index (κ2) is 7.52. The van der Waals surface area contributed by atoms with Crippen LogP contribution in [0.5, 0.6) is 0 Å². The van der Waals surface area contributed by atoms with Gasteiger partial charge >= 0.3 is 0 Å². The number of fused-ring (bicyclic) bond motifs is 1. The third-order valence-corrected chi connectivity index (χ3v) is 7.34. The van der Waals surface area contributed by atoms with Crippen LogP contribution in [0.1, 0.15) is 12.8 Å². The predicted octanol–water partition coefficient (Wildman–Crippen LogP) is 1.30. The van der Waals surface area contributed by atoms with Gasteiger partial charge in [-0.2, -0.15) is 4.31 Å². The van der Waals surface area contributed by atoms with Gasteiger partial charge < -0.3 is 9.80 Å². The van der Waals surface area contributed by atoms with Crippen molar-refractivity contribution in [3.63, 3.8) is 0 Å². The number of hydrogen-bond acceptors (Lipinski definition) is 4. The lowest BCUT2D eigenvalue weighted by atomic mass is 10.1. The molecule has 2 heterocycles. The van der Waals surface area contributed by atoms with Gasteiger partial charge in [0.2, 0.25) is 21.8 Å². The molecule has 0 spiro atoms. The van der Waals surface area contributed by atoms with E-state index in [1.807, 2.05) is 30.3 Å². The SMILES string of the molecule is O=C(CN1CCCC1=O)N1CCN(S(=O)(=O)c2ccc3ccccc3c2)CC1. The number of likely N-dealkylation sites (tertiary alicyclic amines) is 1. The van der Waals surface area contributed by atoms with Crippen LogP contribution >= 0.6 is 0 Å². The van der Waals surface area contributed by atoms with Crippen LogP contribution in [0, 0.1) is 0 Å². The van der Waals surface area contributed by atoms with Crippen molar-refractivity contribution in [3.8, 4) is 0 Å². The van der Waals surface area contributed by atoms with Crippen LogP contribution in [0.2, 0.25) is 0 Å². The van der Waals surface area contributed by atoms with E-state index in [2.05, 4.69) is 0 Å². The monoisotopic (exact) mass is 401 g/mol. The third kappa shape index (κ3) is 3.62. The van der Waals surface area contributed by atoms with Gasteiger partial charge in [0.15, 0.2) is 0 Å². The van der Waals surface area contributed by atoms with Gasteiger partial charge in [-0.1, -0.05) is 30.3 Å². The summed E-state index contributed by atoms with van der Waals surface area (Å²) in [5, 5.41) is 1.88. The Bertz CT molecular complexity index is 1010. The van der Waals surface area contributed by atoms with E-state index in [4.69, 9.17) is 0 Å². The Morgan fingerprint density at radius 1 is 0.929 bits per heavy atom. The summed E-state index contributed by atoms with van der Waals surface area (Å²) in [6.07, 6.45) is 1.30. The second-order valence-electron chi connectivity index (χ2n) is 7.21. The molecule has 2 amide bonds. The lowest BCUT2D eigenvalue weighted by molar-refractivity contribution is -0.139. The zero-order valence-corrected chi connectivity index (χ0v) is 16.4. The molecular weight excluding hydrogens is 378 g/mol. The Kier molecular flexibility index (Phi) is 5.07. The summed E-state index contributed by atoms with van der Waals surface area (Å²) in [7, 11) is -3.60. The number of carbonyl (C=O) groups is 2. The Hall–Kier alpha value is -2.45. The maximum absolute atomic E-state index is 13.0. The fourth-order valence-electron chi connectivity index (χ4n) is 3.79. The van der Waals surface area contributed by atoms with E-state index in [0.717, 1.165) is 17.2 Å². The van der Waals surface area contributed by atoms with Crippen molar-refractivity contribution in [1.29, 1.82) is 0 Å². The minimum absolute atomic E-state index is 0.0193. The van der Waals surface area contributed by atoms with Crippen LogP contribution in [0.4, 0.5) is 0 Å². The fraction of sp³-hybridized carbons (Fsp3) is 0.400. The molecule has 2 fully saturated rings. The van der Waals surface area contributed by atoms with E-state index in [0.29, 0.717) is 26.1 Å². The number of benzene rings is 2. The summed E-state index contributed by atoms with van der Waals surface area (Å²) in [6.45, 7) is 1.92. The van der Waals surface area contributed by atoms with Gasteiger partial charge in [-0.05, 0) is 29.3 Å². The molecule has 8 heteroatoms. The fourth-order valence-corrected chi connectivity index (χ4v) is 5.25. The van der Waals surface area contributed by atoms with Crippen molar-refractivity contribution < 1.29 is 18.0 Å². The van der Waals surface area contributed by atoms with Crippen molar-refractivity contribution in [3.05, 3.63) is 42.5 Å². The van der Waals surface area contributed by atoms with Gasteiger partial charge in [-0.25, -0.2) is 8.42 Å². The summed E-state index contributed by atoms with van der Waals surface area (Å²) in [5.74, 6) is -0.0936. The molecule has 2 aromatic rings. The van der Waals surface area contributed by atoms with E-state index < -0.39 is 10.0 Å². The molecule has 0 radical (unpaired) electrons. The first-order valence-corrected chi connectivity index (χ1v) is 10.9. The summed E-state index contributed by atoms with van der Waals surface area (Å²) >= 11 is 0. The largest absolute Gasteiger partial charge is 0.339 e. The number of piperazine rings is 1. The van der Waals surface area contributed by atoms with Gasteiger partial charge in [0.25, 0.3) is 0 Å². The molecule has 0 bridgehead atoms. The maximum atomic E-state index is 13.0. The van der Waals surface area contributed by atoms with Crippen LogP contribution < -0.4 is 0 Å². The van der Waals surface area contributed by atoms with Gasteiger partial charge in [0, 0.05) is 39.1 Å². The van der Waals surface area contributed by atoms with Crippen LogP contribution in [-0.4, -0.2) is 73.6 Å². The van der Waals surface area contributed by atoms with E-state index in [1.54, 1.807) is 21.9 Å². The highest BCUT2D eigenvalue weighted by molar-refractivity contribution is 7.89. The molecule has 0 aromatic heterocycles. The maximum Gasteiger partial charge on any atom is 0.243 e. The van der Waals surface area contributed by atoms with Crippen molar-refractivity contribution in [2.24, 2.45) is 0 Å². The van der Waals surface area contributed by atoms with Gasteiger partial charge in [-0.15, -0.1) is 0 Å². The van der Waals surface area contributed by atoms with Crippen LogP contribution in [-0.2, 0) is 19.6 Å². The van der Waals surface area contributed by atoms with Crippen molar-refractivity contribution >= 4 is 32.6 Å². The highest BCUT2D eigenvalue weighted by atomic mass is 32.2. The molecule has 2 aliphatic rings. The van der Waals surface area contributed by atoms with E-state index >= 15 is 0 Å². The average Bonchev–Trinajstić information content (AvgIpc) is 3.12. The molecule has 2 aliphatic heterocycles. The molecule has 2 aromatic carbocycles. The molecular formula is C20H23N3O4S.